The van der Waals surface area contributed by atoms with Crippen LogP contribution >= 0.6 is 24.0 Å². The predicted molar refractivity (Wildman–Crippen MR) is 98.3 cm³/mol. The first kappa shape index (κ1) is 19.0. The molecule has 124 valence electrons. The van der Waals surface area contributed by atoms with Gasteiger partial charge >= 0.3 is 0 Å². The fourth-order valence-electron chi connectivity index (χ4n) is 3.09. The van der Waals surface area contributed by atoms with E-state index in [-0.39, 0.29) is 24.0 Å². The summed E-state index contributed by atoms with van der Waals surface area (Å²) in [4.78, 5) is 7.07. The van der Waals surface area contributed by atoms with Crippen LogP contribution in [0.5, 0.6) is 0 Å². The number of halogens is 1. The van der Waals surface area contributed by atoms with Crippen LogP contribution in [0.4, 0.5) is 0 Å². The first-order chi connectivity index (χ1) is 9.65. The van der Waals surface area contributed by atoms with E-state index < -0.39 is 0 Å². The highest BCUT2D eigenvalue weighted by atomic mass is 127. The van der Waals surface area contributed by atoms with Crippen molar-refractivity contribution in [1.29, 1.82) is 0 Å². The summed E-state index contributed by atoms with van der Waals surface area (Å²) in [6.07, 6.45) is 5.14. The molecule has 6 heteroatoms. The number of rotatable bonds is 6. The molecule has 0 spiro atoms. The highest BCUT2D eigenvalue weighted by Crippen LogP contribution is 2.18. The molecule has 3 N–H and O–H groups in total. The molecule has 2 rings (SSSR count). The van der Waals surface area contributed by atoms with Gasteiger partial charge in [-0.15, -0.1) is 24.0 Å². The minimum atomic E-state index is 0. The van der Waals surface area contributed by atoms with E-state index >= 15 is 0 Å². The van der Waals surface area contributed by atoms with E-state index in [0.717, 1.165) is 38.5 Å². The van der Waals surface area contributed by atoms with Crippen molar-refractivity contribution in [2.24, 2.45) is 16.6 Å². The molecule has 2 aliphatic heterocycles. The lowest BCUT2D eigenvalue weighted by Crippen LogP contribution is -2.39. The Bertz CT molecular complexity index is 319. The van der Waals surface area contributed by atoms with Crippen LogP contribution < -0.4 is 11.1 Å². The molecule has 0 saturated carbocycles. The van der Waals surface area contributed by atoms with Gasteiger partial charge in [0.05, 0.1) is 12.6 Å². The number of aliphatic imine (C=N–C) groups is 1. The molecule has 2 atom stereocenters. The maximum Gasteiger partial charge on any atom is 0.188 e. The first-order valence-electron chi connectivity index (χ1n) is 8.04. The molecule has 0 aromatic rings. The largest absolute Gasteiger partial charge is 0.376 e. The van der Waals surface area contributed by atoms with Crippen LogP contribution in [0, 0.1) is 5.92 Å². The van der Waals surface area contributed by atoms with Gasteiger partial charge in [-0.3, -0.25) is 9.89 Å². The van der Waals surface area contributed by atoms with Crippen LogP contribution in [0.1, 0.15) is 39.5 Å². The van der Waals surface area contributed by atoms with E-state index in [1.54, 1.807) is 0 Å². The van der Waals surface area contributed by atoms with E-state index in [1.807, 2.05) is 0 Å². The summed E-state index contributed by atoms with van der Waals surface area (Å²) in [6, 6.07) is 0.570. The summed E-state index contributed by atoms with van der Waals surface area (Å²) in [5.41, 5.74) is 5.94. The van der Waals surface area contributed by atoms with E-state index in [4.69, 9.17) is 10.5 Å². The summed E-state index contributed by atoms with van der Waals surface area (Å²) in [7, 11) is 0. The van der Waals surface area contributed by atoms with Crippen molar-refractivity contribution in [3.8, 4) is 0 Å². The number of hydrogen-bond acceptors (Lipinski definition) is 3. The summed E-state index contributed by atoms with van der Waals surface area (Å²) in [5.74, 6) is 1.28. The molecule has 21 heavy (non-hydrogen) atoms. The second-order valence-corrected chi connectivity index (χ2v) is 6.43. The fourth-order valence-corrected chi connectivity index (χ4v) is 3.09. The third kappa shape index (κ3) is 6.69. The van der Waals surface area contributed by atoms with Gasteiger partial charge in [0.15, 0.2) is 5.96 Å². The lowest BCUT2D eigenvalue weighted by atomic mass is 10.2. The zero-order valence-corrected chi connectivity index (χ0v) is 15.7. The van der Waals surface area contributed by atoms with Gasteiger partial charge in [-0.25, -0.2) is 0 Å². The standard InChI is InChI=1S/C15H30N4O.HI/c1-12(2)11-19-7-3-5-13(19)9-17-15(16)18-10-14-6-4-8-20-14;/h12-14H,3-11H2,1-2H3,(H3,16,17,18);1H/t13-,14?;/m0./s1. The van der Waals surface area contributed by atoms with Gasteiger partial charge in [0.1, 0.15) is 0 Å². The van der Waals surface area contributed by atoms with Gasteiger partial charge < -0.3 is 15.8 Å². The highest BCUT2D eigenvalue weighted by Gasteiger charge is 2.24. The molecule has 5 nitrogen and oxygen atoms in total. The molecule has 0 aliphatic carbocycles. The smallest absolute Gasteiger partial charge is 0.188 e. The van der Waals surface area contributed by atoms with E-state index in [2.05, 4.69) is 29.1 Å². The highest BCUT2D eigenvalue weighted by molar-refractivity contribution is 14.0. The average molecular weight is 410 g/mol. The number of guanidine groups is 1. The van der Waals surface area contributed by atoms with Crippen molar-refractivity contribution >= 4 is 29.9 Å². The Morgan fingerprint density at radius 3 is 2.86 bits per heavy atom. The van der Waals surface area contributed by atoms with E-state index in [0.29, 0.717) is 18.1 Å². The Balaban J connectivity index is 0.00000220. The molecule has 0 radical (unpaired) electrons. The Hall–Kier alpha value is -0.0800. The van der Waals surface area contributed by atoms with Crippen LogP contribution in [0.15, 0.2) is 4.99 Å². The molecule has 1 unspecified atom stereocenters. The Labute approximate surface area is 146 Å². The van der Waals surface area contributed by atoms with Crippen molar-refractivity contribution < 1.29 is 4.74 Å². The quantitative estimate of drug-likeness (QED) is 0.398. The first-order valence-corrected chi connectivity index (χ1v) is 8.04. The molecule has 2 aliphatic rings. The molecule has 0 bridgehead atoms. The number of hydrogen-bond donors (Lipinski definition) is 2. The second kappa shape index (κ2) is 9.84. The Morgan fingerprint density at radius 1 is 1.38 bits per heavy atom. The minimum absolute atomic E-state index is 0. The molecule has 0 aromatic carbocycles. The minimum Gasteiger partial charge on any atom is -0.376 e. The third-order valence-corrected chi connectivity index (χ3v) is 4.11. The van der Waals surface area contributed by atoms with Crippen LogP contribution in [0.2, 0.25) is 0 Å². The van der Waals surface area contributed by atoms with Crippen molar-refractivity contribution in [3.63, 3.8) is 0 Å². The predicted octanol–water partition coefficient (Wildman–Crippen LogP) is 1.81. The third-order valence-electron chi connectivity index (χ3n) is 4.11. The Kier molecular flexibility index (Phi) is 8.89. The van der Waals surface area contributed by atoms with Crippen LogP contribution in [-0.2, 0) is 4.74 Å². The second-order valence-electron chi connectivity index (χ2n) is 6.43. The zero-order valence-electron chi connectivity index (χ0n) is 13.4. The van der Waals surface area contributed by atoms with Crippen LogP contribution in [0.3, 0.4) is 0 Å². The number of ether oxygens (including phenoxy) is 1. The topological polar surface area (TPSA) is 62.9 Å². The fraction of sp³-hybridized carbons (Fsp3) is 0.933. The summed E-state index contributed by atoms with van der Waals surface area (Å²) in [6.45, 7) is 9.42. The van der Waals surface area contributed by atoms with Gasteiger partial charge in [0, 0.05) is 25.7 Å². The molecule has 2 fully saturated rings. The summed E-state index contributed by atoms with van der Waals surface area (Å²) < 4.78 is 5.56. The molecule has 2 heterocycles. The van der Waals surface area contributed by atoms with Gasteiger partial charge in [-0.1, -0.05) is 13.8 Å². The lowest BCUT2D eigenvalue weighted by molar-refractivity contribution is 0.114. The average Bonchev–Trinajstić information content (AvgIpc) is 3.04. The normalized spacial score (nSPS) is 27.1. The van der Waals surface area contributed by atoms with Crippen LogP contribution in [-0.4, -0.2) is 55.8 Å². The van der Waals surface area contributed by atoms with Gasteiger partial charge in [-0.05, 0) is 38.1 Å². The molecular formula is C15H31IN4O. The van der Waals surface area contributed by atoms with Gasteiger partial charge in [0.25, 0.3) is 0 Å². The summed E-state index contributed by atoms with van der Waals surface area (Å²) >= 11 is 0. The van der Waals surface area contributed by atoms with Crippen molar-refractivity contribution in [1.82, 2.24) is 10.2 Å². The number of nitrogens with one attached hydrogen (secondary N) is 1. The van der Waals surface area contributed by atoms with Crippen molar-refractivity contribution in [2.45, 2.75) is 51.7 Å². The Morgan fingerprint density at radius 2 is 2.19 bits per heavy atom. The number of nitrogens with two attached hydrogens (primary N) is 1. The number of likely N-dealkylation sites (tertiary alicyclic amines) is 1. The molecule has 0 amide bonds. The molecular weight excluding hydrogens is 379 g/mol. The maximum atomic E-state index is 5.94. The monoisotopic (exact) mass is 410 g/mol. The van der Waals surface area contributed by atoms with Crippen molar-refractivity contribution in [2.75, 3.05) is 32.8 Å². The maximum absolute atomic E-state index is 5.94. The van der Waals surface area contributed by atoms with Crippen molar-refractivity contribution in [3.05, 3.63) is 0 Å². The van der Waals surface area contributed by atoms with E-state index in [9.17, 15) is 0 Å². The summed E-state index contributed by atoms with van der Waals surface area (Å²) in [5, 5.41) is 3.19. The van der Waals surface area contributed by atoms with Gasteiger partial charge in [-0.2, -0.15) is 0 Å². The molecule has 0 aromatic heterocycles. The molecule has 2 saturated heterocycles. The number of nitrogens with zero attached hydrogens (tertiary/aromatic N) is 2. The van der Waals surface area contributed by atoms with E-state index in [1.165, 1.54) is 25.9 Å². The zero-order chi connectivity index (χ0) is 14.4. The SMILES string of the molecule is CC(C)CN1CCC[C@H]1CN=C(N)NCC1CCCO1.I. The lowest BCUT2D eigenvalue weighted by Gasteiger charge is -2.25. The van der Waals surface area contributed by atoms with Gasteiger partial charge in [0.2, 0.25) is 0 Å². The van der Waals surface area contributed by atoms with Crippen LogP contribution in [0.25, 0.3) is 0 Å².